The Labute approximate surface area is 172 Å². The minimum absolute atomic E-state index is 0.0941. The SMILES string of the molecule is CC(C)C[C@@H](C(N)=O)N([C@@H](c1ccc(-c2cc[nH]n2)cn1)C(F)(F)F)C1(C#N)CC1. The van der Waals surface area contributed by atoms with Crippen molar-refractivity contribution < 1.29 is 18.0 Å². The molecule has 0 spiro atoms. The number of hydrogen-bond donors (Lipinski definition) is 2. The van der Waals surface area contributed by atoms with Gasteiger partial charge in [0.05, 0.1) is 23.5 Å². The molecule has 0 radical (unpaired) electrons. The van der Waals surface area contributed by atoms with E-state index in [1.165, 1.54) is 18.3 Å². The molecular formula is C20H23F3N6O. The third-order valence-corrected chi connectivity index (χ3v) is 5.24. The van der Waals surface area contributed by atoms with Crippen molar-refractivity contribution in [1.29, 1.82) is 5.26 Å². The van der Waals surface area contributed by atoms with E-state index >= 15 is 0 Å². The average molecular weight is 420 g/mol. The van der Waals surface area contributed by atoms with Gasteiger partial charge in [-0.25, -0.2) is 0 Å². The molecule has 2 aromatic heterocycles. The van der Waals surface area contributed by atoms with Crippen LogP contribution >= 0.6 is 0 Å². The number of H-pyrrole nitrogens is 1. The zero-order chi connectivity index (χ0) is 22.1. The number of primary amides is 1. The minimum atomic E-state index is -4.77. The Morgan fingerprint density at radius 2 is 2.07 bits per heavy atom. The second-order valence-corrected chi connectivity index (χ2v) is 7.97. The molecule has 0 unspecified atom stereocenters. The minimum Gasteiger partial charge on any atom is -0.368 e. The molecule has 1 fully saturated rings. The van der Waals surface area contributed by atoms with Gasteiger partial charge in [-0.05, 0) is 43.4 Å². The number of carbonyl (C=O) groups is 1. The van der Waals surface area contributed by atoms with Crippen molar-refractivity contribution in [3.05, 3.63) is 36.3 Å². The van der Waals surface area contributed by atoms with E-state index in [1.54, 1.807) is 26.1 Å². The fourth-order valence-electron chi connectivity index (χ4n) is 3.69. The first-order valence-corrected chi connectivity index (χ1v) is 9.61. The van der Waals surface area contributed by atoms with Crippen molar-refractivity contribution in [3.8, 4) is 17.3 Å². The van der Waals surface area contributed by atoms with Gasteiger partial charge < -0.3 is 5.73 Å². The lowest BCUT2D eigenvalue weighted by Gasteiger charge is -2.40. The highest BCUT2D eigenvalue weighted by Gasteiger charge is 2.61. The molecule has 0 aliphatic heterocycles. The topological polar surface area (TPSA) is 112 Å². The number of amides is 1. The maximum atomic E-state index is 14.3. The predicted octanol–water partition coefficient (Wildman–Crippen LogP) is 3.33. The summed E-state index contributed by atoms with van der Waals surface area (Å²) in [4.78, 5) is 17.2. The van der Waals surface area contributed by atoms with Crippen molar-refractivity contribution in [2.24, 2.45) is 11.7 Å². The second kappa shape index (κ2) is 8.07. The fourth-order valence-corrected chi connectivity index (χ4v) is 3.69. The van der Waals surface area contributed by atoms with Crippen LogP contribution in [0.25, 0.3) is 11.3 Å². The molecule has 2 heterocycles. The third-order valence-electron chi connectivity index (χ3n) is 5.24. The zero-order valence-corrected chi connectivity index (χ0v) is 16.6. The highest BCUT2D eigenvalue weighted by molar-refractivity contribution is 5.80. The molecule has 1 aliphatic carbocycles. The lowest BCUT2D eigenvalue weighted by Crippen LogP contribution is -2.56. The molecule has 1 aliphatic rings. The molecule has 10 heteroatoms. The van der Waals surface area contributed by atoms with Gasteiger partial charge >= 0.3 is 6.18 Å². The number of aromatic nitrogens is 3. The lowest BCUT2D eigenvalue weighted by atomic mass is 9.95. The summed E-state index contributed by atoms with van der Waals surface area (Å²) in [6, 6.07) is 2.94. The normalized spacial score (nSPS) is 17.5. The third kappa shape index (κ3) is 4.31. The Hall–Kier alpha value is -2.93. The molecule has 2 atom stereocenters. The number of aromatic amines is 1. The van der Waals surface area contributed by atoms with Crippen molar-refractivity contribution in [3.63, 3.8) is 0 Å². The first kappa shape index (κ1) is 21.8. The first-order valence-electron chi connectivity index (χ1n) is 9.61. The van der Waals surface area contributed by atoms with Crippen LogP contribution < -0.4 is 5.73 Å². The highest BCUT2D eigenvalue weighted by Crippen LogP contribution is 2.51. The molecule has 30 heavy (non-hydrogen) atoms. The Morgan fingerprint density at radius 1 is 1.37 bits per heavy atom. The summed E-state index contributed by atoms with van der Waals surface area (Å²) in [7, 11) is 0. The van der Waals surface area contributed by atoms with Crippen molar-refractivity contribution >= 4 is 5.91 Å². The molecule has 3 rings (SSSR count). The van der Waals surface area contributed by atoms with E-state index in [-0.39, 0.29) is 30.9 Å². The summed E-state index contributed by atoms with van der Waals surface area (Å²) >= 11 is 0. The molecule has 1 amide bonds. The maximum Gasteiger partial charge on any atom is 0.409 e. The van der Waals surface area contributed by atoms with E-state index in [1.807, 2.05) is 6.07 Å². The molecule has 0 saturated heterocycles. The van der Waals surface area contributed by atoms with Gasteiger partial charge in [0, 0.05) is 18.0 Å². The number of halogens is 3. The van der Waals surface area contributed by atoms with Crippen LogP contribution in [0.5, 0.6) is 0 Å². The summed E-state index contributed by atoms with van der Waals surface area (Å²) in [6.07, 6.45) is -1.28. The summed E-state index contributed by atoms with van der Waals surface area (Å²) in [5.74, 6) is -0.976. The number of carbonyl (C=O) groups excluding carboxylic acids is 1. The molecule has 2 aromatic rings. The summed E-state index contributed by atoms with van der Waals surface area (Å²) in [5, 5.41) is 16.3. The Kier molecular flexibility index (Phi) is 5.85. The number of nitrogens with zero attached hydrogens (tertiary/aromatic N) is 4. The van der Waals surface area contributed by atoms with Crippen LogP contribution in [0.2, 0.25) is 0 Å². The summed E-state index contributed by atoms with van der Waals surface area (Å²) in [5.41, 5.74) is 4.92. The van der Waals surface area contributed by atoms with Gasteiger partial charge in [0.2, 0.25) is 5.91 Å². The van der Waals surface area contributed by atoms with Gasteiger partial charge in [0.25, 0.3) is 0 Å². The standard InChI is InChI=1S/C20H23F3N6O/c1-12(2)9-16(18(25)30)29(19(11-24)6-7-19)17(20(21,22)23)15-4-3-13(10-26-15)14-5-8-27-28-14/h3-5,8,10,12,16-17H,6-7,9H2,1-2H3,(H2,25,30)(H,27,28)/t16-,17-/m0/s1. The monoisotopic (exact) mass is 420 g/mol. The molecular weight excluding hydrogens is 397 g/mol. The molecule has 1 saturated carbocycles. The summed E-state index contributed by atoms with van der Waals surface area (Å²) in [6.45, 7) is 3.58. The van der Waals surface area contributed by atoms with Crippen molar-refractivity contribution in [2.75, 3.05) is 0 Å². The van der Waals surface area contributed by atoms with E-state index in [2.05, 4.69) is 15.2 Å². The van der Waals surface area contributed by atoms with E-state index in [9.17, 15) is 23.2 Å². The largest absolute Gasteiger partial charge is 0.409 e. The van der Waals surface area contributed by atoms with Gasteiger partial charge in [-0.15, -0.1) is 0 Å². The van der Waals surface area contributed by atoms with Crippen LogP contribution in [0.4, 0.5) is 13.2 Å². The zero-order valence-electron chi connectivity index (χ0n) is 16.6. The van der Waals surface area contributed by atoms with E-state index in [4.69, 9.17) is 5.73 Å². The van der Waals surface area contributed by atoms with Crippen molar-refractivity contribution in [2.45, 2.75) is 56.9 Å². The first-order chi connectivity index (χ1) is 14.1. The number of hydrogen-bond acceptors (Lipinski definition) is 5. The van der Waals surface area contributed by atoms with Crippen LogP contribution in [-0.2, 0) is 4.79 Å². The van der Waals surface area contributed by atoms with E-state index in [0.29, 0.717) is 11.3 Å². The molecule has 3 N–H and O–H groups in total. The van der Waals surface area contributed by atoms with Crippen LogP contribution in [0, 0.1) is 17.2 Å². The van der Waals surface area contributed by atoms with E-state index < -0.39 is 29.7 Å². The molecule has 160 valence electrons. The highest BCUT2D eigenvalue weighted by atomic mass is 19.4. The lowest BCUT2D eigenvalue weighted by molar-refractivity contribution is -0.201. The van der Waals surface area contributed by atoms with Crippen LogP contribution in [0.1, 0.15) is 44.8 Å². The van der Waals surface area contributed by atoms with Crippen LogP contribution in [-0.4, -0.2) is 43.7 Å². The quantitative estimate of drug-likeness (QED) is 0.680. The number of nitriles is 1. The molecule has 0 aromatic carbocycles. The summed E-state index contributed by atoms with van der Waals surface area (Å²) < 4.78 is 43.0. The van der Waals surface area contributed by atoms with Crippen LogP contribution in [0.15, 0.2) is 30.6 Å². The number of nitrogens with two attached hydrogens (primary N) is 1. The fraction of sp³-hybridized carbons (Fsp3) is 0.500. The number of rotatable bonds is 8. The Balaban J connectivity index is 2.09. The maximum absolute atomic E-state index is 14.3. The number of pyridine rings is 1. The Morgan fingerprint density at radius 3 is 2.47 bits per heavy atom. The van der Waals surface area contributed by atoms with Crippen LogP contribution in [0.3, 0.4) is 0 Å². The Bertz CT molecular complexity index is 914. The van der Waals surface area contributed by atoms with Crippen molar-refractivity contribution in [1.82, 2.24) is 20.1 Å². The average Bonchev–Trinajstić information content (AvgIpc) is 3.27. The molecule has 0 bridgehead atoms. The van der Waals surface area contributed by atoms with Gasteiger partial charge in [0.1, 0.15) is 5.54 Å². The number of nitrogens with one attached hydrogen (secondary N) is 1. The smallest absolute Gasteiger partial charge is 0.368 e. The van der Waals surface area contributed by atoms with E-state index in [0.717, 1.165) is 4.90 Å². The predicted molar refractivity (Wildman–Crippen MR) is 102 cm³/mol. The van der Waals surface area contributed by atoms with Gasteiger partial charge in [-0.3, -0.25) is 19.8 Å². The van der Waals surface area contributed by atoms with Gasteiger partial charge in [0.15, 0.2) is 6.04 Å². The number of alkyl halides is 3. The van der Waals surface area contributed by atoms with Gasteiger partial charge in [-0.2, -0.15) is 23.5 Å². The van der Waals surface area contributed by atoms with Gasteiger partial charge in [-0.1, -0.05) is 13.8 Å². The molecule has 7 nitrogen and oxygen atoms in total. The second-order valence-electron chi connectivity index (χ2n) is 7.97.